The zero-order valence-corrected chi connectivity index (χ0v) is 11.7. The molecule has 1 aromatic rings. The topological polar surface area (TPSA) is 12.0 Å². The number of hydrogen-bond acceptors (Lipinski definition) is 1. The molecule has 1 aliphatic carbocycles. The summed E-state index contributed by atoms with van der Waals surface area (Å²) in [6.45, 7) is 7.85. The molecule has 1 aromatic carbocycles. The second kappa shape index (κ2) is 4.99. The van der Waals surface area contributed by atoms with Crippen LogP contribution in [0.1, 0.15) is 39.2 Å². The Labute approximate surface area is 110 Å². The molecule has 2 unspecified atom stereocenters. The molecule has 0 amide bonds. The van der Waals surface area contributed by atoms with Crippen LogP contribution in [-0.4, -0.2) is 12.6 Å². The van der Waals surface area contributed by atoms with Crippen molar-refractivity contribution in [3.8, 4) is 0 Å². The van der Waals surface area contributed by atoms with E-state index in [1.165, 1.54) is 18.4 Å². The Morgan fingerprint density at radius 2 is 2.00 bits per heavy atom. The van der Waals surface area contributed by atoms with Crippen LogP contribution in [0.5, 0.6) is 0 Å². The van der Waals surface area contributed by atoms with Gasteiger partial charge in [0.15, 0.2) is 0 Å². The van der Waals surface area contributed by atoms with Crippen LogP contribution in [-0.2, 0) is 5.41 Å². The first-order valence-corrected chi connectivity index (χ1v) is 6.92. The maximum Gasteiger partial charge on any atom is 0.0406 e. The molecule has 1 N–H and O–H groups in total. The first-order chi connectivity index (χ1) is 8.04. The lowest BCUT2D eigenvalue weighted by molar-refractivity contribution is 0.131. The fourth-order valence-electron chi connectivity index (χ4n) is 2.74. The molecular weight excluding hydrogens is 230 g/mol. The minimum Gasteiger partial charge on any atom is -0.314 e. The van der Waals surface area contributed by atoms with E-state index in [0.717, 1.165) is 17.5 Å². The van der Waals surface area contributed by atoms with E-state index in [2.05, 4.69) is 38.2 Å². The minimum absolute atomic E-state index is 0.328. The highest BCUT2D eigenvalue weighted by molar-refractivity contribution is 6.30. The fourth-order valence-corrected chi connectivity index (χ4v) is 2.87. The van der Waals surface area contributed by atoms with Crippen LogP contribution in [0, 0.1) is 5.92 Å². The first-order valence-electron chi connectivity index (χ1n) is 6.54. The Balaban J connectivity index is 2.19. The Kier molecular flexibility index (Phi) is 3.79. The number of benzene rings is 1. The van der Waals surface area contributed by atoms with E-state index in [-0.39, 0.29) is 0 Å². The largest absolute Gasteiger partial charge is 0.314 e. The Hall–Kier alpha value is -0.530. The summed E-state index contributed by atoms with van der Waals surface area (Å²) < 4.78 is 0. The number of hydrogen-bond donors (Lipinski definition) is 1. The van der Waals surface area contributed by atoms with Gasteiger partial charge in [0, 0.05) is 23.0 Å². The van der Waals surface area contributed by atoms with Gasteiger partial charge in [-0.05, 0) is 36.5 Å². The van der Waals surface area contributed by atoms with Gasteiger partial charge in [0.2, 0.25) is 0 Å². The molecule has 1 aliphatic rings. The summed E-state index contributed by atoms with van der Waals surface area (Å²) in [5.74, 6) is 0.759. The van der Waals surface area contributed by atoms with E-state index in [1.807, 2.05) is 12.1 Å². The number of halogens is 1. The Morgan fingerprint density at radius 3 is 2.41 bits per heavy atom. The predicted octanol–water partition coefficient (Wildman–Crippen LogP) is 4.01. The van der Waals surface area contributed by atoms with Crippen molar-refractivity contribution in [1.82, 2.24) is 5.32 Å². The molecule has 0 aromatic heterocycles. The monoisotopic (exact) mass is 251 g/mol. The maximum absolute atomic E-state index is 5.97. The van der Waals surface area contributed by atoms with Crippen LogP contribution in [0.4, 0.5) is 0 Å². The van der Waals surface area contributed by atoms with Crippen LogP contribution >= 0.6 is 11.6 Å². The Morgan fingerprint density at radius 1 is 1.35 bits per heavy atom. The molecule has 0 heterocycles. The third-order valence-electron chi connectivity index (χ3n) is 4.21. The van der Waals surface area contributed by atoms with E-state index >= 15 is 0 Å². The van der Waals surface area contributed by atoms with Gasteiger partial charge >= 0.3 is 0 Å². The van der Waals surface area contributed by atoms with Gasteiger partial charge in [0.1, 0.15) is 0 Å². The molecule has 0 bridgehead atoms. The average Bonchev–Trinajstić information content (AvgIpc) is 2.29. The lowest BCUT2D eigenvalue weighted by atomic mass is 9.57. The van der Waals surface area contributed by atoms with Gasteiger partial charge in [-0.15, -0.1) is 0 Å². The molecular formula is C15H22ClN. The normalized spacial score (nSPS) is 28.2. The second-order valence-corrected chi connectivity index (χ2v) is 6.07. The third kappa shape index (κ3) is 2.51. The van der Waals surface area contributed by atoms with Crippen molar-refractivity contribution < 1.29 is 0 Å². The molecule has 0 aliphatic heterocycles. The molecule has 2 atom stereocenters. The molecule has 1 saturated carbocycles. The van der Waals surface area contributed by atoms with Crippen LogP contribution in [0.25, 0.3) is 0 Å². The molecule has 17 heavy (non-hydrogen) atoms. The summed E-state index contributed by atoms with van der Waals surface area (Å²) in [5, 5.41) is 4.43. The van der Waals surface area contributed by atoms with Crippen molar-refractivity contribution in [1.29, 1.82) is 0 Å². The second-order valence-electron chi connectivity index (χ2n) is 5.64. The van der Waals surface area contributed by atoms with E-state index in [9.17, 15) is 0 Å². The summed E-state index contributed by atoms with van der Waals surface area (Å²) >= 11 is 5.97. The van der Waals surface area contributed by atoms with Gasteiger partial charge in [0.05, 0.1) is 0 Å². The van der Waals surface area contributed by atoms with Crippen LogP contribution in [0.15, 0.2) is 24.3 Å². The van der Waals surface area contributed by atoms with E-state index < -0.39 is 0 Å². The highest BCUT2D eigenvalue weighted by Gasteiger charge is 2.44. The average molecular weight is 252 g/mol. The van der Waals surface area contributed by atoms with Crippen molar-refractivity contribution in [2.24, 2.45) is 5.92 Å². The molecule has 0 spiro atoms. The van der Waals surface area contributed by atoms with Gasteiger partial charge in [-0.2, -0.15) is 0 Å². The number of rotatable bonds is 4. The highest BCUT2D eigenvalue weighted by atomic mass is 35.5. The van der Waals surface area contributed by atoms with Crippen molar-refractivity contribution in [3.05, 3.63) is 34.9 Å². The summed E-state index contributed by atoms with van der Waals surface area (Å²) in [6, 6.07) is 8.96. The van der Waals surface area contributed by atoms with Crippen molar-refractivity contribution in [3.63, 3.8) is 0 Å². The molecule has 2 heteroatoms. The van der Waals surface area contributed by atoms with Gasteiger partial charge in [-0.3, -0.25) is 0 Å². The van der Waals surface area contributed by atoms with E-state index in [4.69, 9.17) is 11.6 Å². The summed E-state index contributed by atoms with van der Waals surface area (Å²) in [4.78, 5) is 0. The summed E-state index contributed by atoms with van der Waals surface area (Å²) in [5.41, 5.74) is 1.77. The lowest BCUT2D eigenvalue weighted by Crippen LogP contribution is -2.51. The van der Waals surface area contributed by atoms with Crippen molar-refractivity contribution in [2.45, 2.75) is 45.1 Å². The van der Waals surface area contributed by atoms with Gasteiger partial charge < -0.3 is 5.32 Å². The van der Waals surface area contributed by atoms with Gasteiger partial charge in [-0.1, -0.05) is 44.5 Å². The zero-order chi connectivity index (χ0) is 12.5. The van der Waals surface area contributed by atoms with Gasteiger partial charge in [0.25, 0.3) is 0 Å². The third-order valence-corrected chi connectivity index (χ3v) is 4.46. The first kappa shape index (κ1) is 12.9. The molecule has 0 radical (unpaired) electrons. The molecule has 0 saturated heterocycles. The van der Waals surface area contributed by atoms with E-state index in [0.29, 0.717) is 11.5 Å². The van der Waals surface area contributed by atoms with Crippen LogP contribution < -0.4 is 5.32 Å². The van der Waals surface area contributed by atoms with Crippen molar-refractivity contribution in [2.75, 3.05) is 6.54 Å². The van der Waals surface area contributed by atoms with Crippen LogP contribution in [0.2, 0.25) is 5.02 Å². The lowest BCUT2D eigenvalue weighted by Gasteiger charge is -2.49. The molecule has 1 nitrogen and oxygen atoms in total. The molecule has 2 rings (SSSR count). The molecule has 1 fully saturated rings. The Bertz CT molecular complexity index is 371. The SMILES string of the molecule is CC(C)NCC1(c2ccc(Cl)cc2)CCC1C. The zero-order valence-electron chi connectivity index (χ0n) is 11.0. The predicted molar refractivity (Wildman–Crippen MR) is 74.7 cm³/mol. The van der Waals surface area contributed by atoms with E-state index in [1.54, 1.807) is 0 Å². The smallest absolute Gasteiger partial charge is 0.0406 e. The fraction of sp³-hybridized carbons (Fsp3) is 0.600. The minimum atomic E-state index is 0.328. The summed E-state index contributed by atoms with van der Waals surface area (Å²) in [6.07, 6.45) is 2.62. The quantitative estimate of drug-likeness (QED) is 0.853. The van der Waals surface area contributed by atoms with Gasteiger partial charge in [-0.25, -0.2) is 0 Å². The number of nitrogens with one attached hydrogen (secondary N) is 1. The molecule has 94 valence electrons. The highest BCUT2D eigenvalue weighted by Crippen LogP contribution is 2.48. The summed E-state index contributed by atoms with van der Waals surface area (Å²) in [7, 11) is 0. The standard InChI is InChI=1S/C15H22ClN/c1-11(2)17-10-15(9-8-12(15)3)13-4-6-14(16)7-5-13/h4-7,11-12,17H,8-10H2,1-3H3. The van der Waals surface area contributed by atoms with Crippen LogP contribution in [0.3, 0.4) is 0 Å². The maximum atomic E-state index is 5.97. The van der Waals surface area contributed by atoms with Crippen molar-refractivity contribution >= 4 is 11.6 Å².